The maximum atomic E-state index is 3.64. The van der Waals surface area contributed by atoms with E-state index < -0.39 is 0 Å². The molecule has 21 heavy (non-hydrogen) atoms. The molecule has 1 rings (SSSR count). The number of hydrogen-bond acceptors (Lipinski definition) is 2. The number of hydrogen-bond donors (Lipinski definition) is 1. The number of nitrogens with one attached hydrogen (secondary N) is 1. The molecule has 124 valence electrons. The van der Waals surface area contributed by atoms with Gasteiger partial charge in [0.1, 0.15) is 0 Å². The van der Waals surface area contributed by atoms with Crippen LogP contribution in [0.2, 0.25) is 0 Å². The molecule has 0 radical (unpaired) electrons. The van der Waals surface area contributed by atoms with Crippen LogP contribution in [0.1, 0.15) is 90.9 Å². The van der Waals surface area contributed by atoms with Crippen LogP contribution in [-0.2, 0) is 0 Å². The van der Waals surface area contributed by atoms with Crippen molar-refractivity contribution in [2.45, 2.75) is 97.1 Å². The molecule has 1 unspecified atom stereocenters. The summed E-state index contributed by atoms with van der Waals surface area (Å²) < 4.78 is 0. The molecule has 0 saturated heterocycles. The molecule has 1 N–H and O–H groups in total. The van der Waals surface area contributed by atoms with Crippen LogP contribution in [0.3, 0.4) is 0 Å². The first-order chi connectivity index (χ1) is 10.4. The molecule has 0 spiro atoms. The fraction of sp³-hybridized carbons (Fsp3) is 0.895. The standard InChI is InChI=1S/C19H38N2/c1-3-5-7-8-9-10-11-12-13-15-19-20-16-14-18-21(19)17-6-4-2/h14,18-20H,3-13,15-17H2,1-2H3. The van der Waals surface area contributed by atoms with Crippen molar-refractivity contribution < 1.29 is 0 Å². The van der Waals surface area contributed by atoms with Crippen molar-refractivity contribution >= 4 is 0 Å². The van der Waals surface area contributed by atoms with Crippen molar-refractivity contribution in [3.63, 3.8) is 0 Å². The molecular weight excluding hydrogens is 256 g/mol. The second kappa shape index (κ2) is 13.2. The Balaban J connectivity index is 1.99. The Kier molecular flexibility index (Phi) is 11.6. The molecule has 0 aromatic carbocycles. The summed E-state index contributed by atoms with van der Waals surface area (Å²) in [6, 6.07) is 0. The molecule has 0 bridgehead atoms. The number of rotatable bonds is 13. The molecule has 1 aliphatic rings. The summed E-state index contributed by atoms with van der Waals surface area (Å²) in [7, 11) is 0. The van der Waals surface area contributed by atoms with Crippen LogP contribution in [0.5, 0.6) is 0 Å². The van der Waals surface area contributed by atoms with Crippen LogP contribution in [0.25, 0.3) is 0 Å². The van der Waals surface area contributed by atoms with Gasteiger partial charge < -0.3 is 4.90 Å². The molecule has 0 aliphatic carbocycles. The van der Waals surface area contributed by atoms with E-state index in [4.69, 9.17) is 0 Å². The van der Waals surface area contributed by atoms with E-state index in [1.54, 1.807) is 0 Å². The van der Waals surface area contributed by atoms with Crippen molar-refractivity contribution in [1.82, 2.24) is 10.2 Å². The molecule has 0 saturated carbocycles. The van der Waals surface area contributed by atoms with Crippen LogP contribution < -0.4 is 5.32 Å². The van der Waals surface area contributed by atoms with Gasteiger partial charge >= 0.3 is 0 Å². The van der Waals surface area contributed by atoms with E-state index in [0.717, 1.165) is 6.54 Å². The van der Waals surface area contributed by atoms with Crippen LogP contribution >= 0.6 is 0 Å². The minimum Gasteiger partial charge on any atom is -0.362 e. The highest BCUT2D eigenvalue weighted by atomic mass is 15.3. The Morgan fingerprint density at radius 1 is 0.857 bits per heavy atom. The SMILES string of the molecule is CCCCCCCCCCCC1NCC=CN1CCCC. The molecule has 0 fully saturated rings. The summed E-state index contributed by atoms with van der Waals surface area (Å²) in [5.74, 6) is 0. The predicted molar refractivity (Wildman–Crippen MR) is 94.4 cm³/mol. The van der Waals surface area contributed by atoms with Crippen LogP contribution in [0.15, 0.2) is 12.3 Å². The minimum absolute atomic E-state index is 0.589. The van der Waals surface area contributed by atoms with Gasteiger partial charge in [-0.2, -0.15) is 0 Å². The molecule has 1 heterocycles. The summed E-state index contributed by atoms with van der Waals surface area (Å²) in [6.45, 7) is 6.82. The minimum atomic E-state index is 0.589. The number of unbranched alkanes of at least 4 members (excludes halogenated alkanes) is 9. The summed E-state index contributed by atoms with van der Waals surface area (Å²) in [6.07, 6.45) is 21.9. The van der Waals surface area contributed by atoms with E-state index in [1.807, 2.05) is 0 Å². The fourth-order valence-corrected chi connectivity index (χ4v) is 3.10. The van der Waals surface area contributed by atoms with E-state index in [-0.39, 0.29) is 0 Å². The van der Waals surface area contributed by atoms with Gasteiger partial charge in [-0.3, -0.25) is 5.32 Å². The molecule has 0 aromatic heterocycles. The van der Waals surface area contributed by atoms with Gasteiger partial charge in [-0.1, -0.05) is 84.1 Å². The van der Waals surface area contributed by atoms with Crippen molar-refractivity contribution in [3.8, 4) is 0 Å². The van der Waals surface area contributed by atoms with Crippen molar-refractivity contribution in [2.24, 2.45) is 0 Å². The molecular formula is C19H38N2. The average molecular weight is 295 g/mol. The van der Waals surface area contributed by atoms with E-state index >= 15 is 0 Å². The first kappa shape index (κ1) is 18.5. The first-order valence-electron chi connectivity index (χ1n) is 9.54. The van der Waals surface area contributed by atoms with Gasteiger partial charge in [0.15, 0.2) is 0 Å². The maximum absolute atomic E-state index is 3.64. The third kappa shape index (κ3) is 9.18. The Labute approximate surface area is 133 Å². The highest BCUT2D eigenvalue weighted by Gasteiger charge is 2.15. The smallest absolute Gasteiger partial charge is 0.0792 e. The molecule has 1 atom stereocenters. The lowest BCUT2D eigenvalue weighted by Crippen LogP contribution is -2.46. The quantitative estimate of drug-likeness (QED) is 0.454. The molecule has 1 aliphatic heterocycles. The molecule has 0 amide bonds. The van der Waals surface area contributed by atoms with E-state index in [0.29, 0.717) is 6.17 Å². The Morgan fingerprint density at radius 2 is 1.48 bits per heavy atom. The van der Waals surface area contributed by atoms with Crippen molar-refractivity contribution in [1.29, 1.82) is 0 Å². The lowest BCUT2D eigenvalue weighted by molar-refractivity contribution is 0.206. The first-order valence-corrected chi connectivity index (χ1v) is 9.54. The Hall–Kier alpha value is -0.500. The summed E-state index contributed by atoms with van der Waals surface area (Å²) >= 11 is 0. The van der Waals surface area contributed by atoms with Gasteiger partial charge in [0, 0.05) is 13.1 Å². The van der Waals surface area contributed by atoms with E-state index in [9.17, 15) is 0 Å². The molecule has 0 aromatic rings. The van der Waals surface area contributed by atoms with Crippen LogP contribution in [0, 0.1) is 0 Å². The third-order valence-electron chi connectivity index (χ3n) is 4.52. The second-order valence-electron chi connectivity index (χ2n) is 6.52. The van der Waals surface area contributed by atoms with Gasteiger partial charge in [0.25, 0.3) is 0 Å². The van der Waals surface area contributed by atoms with Gasteiger partial charge in [-0.05, 0) is 19.0 Å². The summed E-state index contributed by atoms with van der Waals surface area (Å²) in [5, 5.41) is 3.64. The third-order valence-corrected chi connectivity index (χ3v) is 4.52. The predicted octanol–water partition coefficient (Wildman–Crippen LogP) is 5.45. The summed E-state index contributed by atoms with van der Waals surface area (Å²) in [4.78, 5) is 2.51. The Morgan fingerprint density at radius 3 is 2.14 bits per heavy atom. The summed E-state index contributed by atoms with van der Waals surface area (Å²) in [5.41, 5.74) is 0. The molecule has 2 heteroatoms. The highest BCUT2D eigenvalue weighted by Crippen LogP contribution is 2.14. The average Bonchev–Trinajstić information content (AvgIpc) is 2.52. The van der Waals surface area contributed by atoms with E-state index in [1.165, 1.54) is 83.6 Å². The largest absolute Gasteiger partial charge is 0.362 e. The fourth-order valence-electron chi connectivity index (χ4n) is 3.10. The van der Waals surface area contributed by atoms with Gasteiger partial charge in [0.2, 0.25) is 0 Å². The Bertz CT molecular complexity index is 250. The van der Waals surface area contributed by atoms with Gasteiger partial charge in [0.05, 0.1) is 6.17 Å². The zero-order valence-corrected chi connectivity index (χ0v) is 14.6. The monoisotopic (exact) mass is 294 g/mol. The van der Waals surface area contributed by atoms with Crippen molar-refractivity contribution in [2.75, 3.05) is 13.1 Å². The lowest BCUT2D eigenvalue weighted by Gasteiger charge is -2.34. The second-order valence-corrected chi connectivity index (χ2v) is 6.52. The zero-order valence-electron chi connectivity index (χ0n) is 14.6. The molecule has 2 nitrogen and oxygen atoms in total. The lowest BCUT2D eigenvalue weighted by atomic mass is 10.1. The van der Waals surface area contributed by atoms with Crippen LogP contribution in [0.4, 0.5) is 0 Å². The highest BCUT2D eigenvalue weighted by molar-refractivity contribution is 4.93. The number of nitrogens with zero attached hydrogens (tertiary/aromatic N) is 1. The maximum Gasteiger partial charge on any atom is 0.0792 e. The van der Waals surface area contributed by atoms with Crippen molar-refractivity contribution in [3.05, 3.63) is 12.3 Å². The topological polar surface area (TPSA) is 15.3 Å². The van der Waals surface area contributed by atoms with Gasteiger partial charge in [-0.15, -0.1) is 0 Å². The van der Waals surface area contributed by atoms with Gasteiger partial charge in [-0.25, -0.2) is 0 Å². The zero-order chi connectivity index (χ0) is 15.2. The van der Waals surface area contributed by atoms with E-state index in [2.05, 4.69) is 36.3 Å². The normalized spacial score (nSPS) is 18.4. The van der Waals surface area contributed by atoms with Crippen LogP contribution in [-0.4, -0.2) is 24.2 Å².